The van der Waals surface area contributed by atoms with Gasteiger partial charge < -0.3 is 14.8 Å². The second kappa shape index (κ2) is 6.35. The maximum absolute atomic E-state index is 12.1. The second-order valence-electron chi connectivity index (χ2n) is 4.06. The van der Waals surface area contributed by atoms with E-state index < -0.39 is 5.60 Å². The predicted molar refractivity (Wildman–Crippen MR) is 69.7 cm³/mol. The van der Waals surface area contributed by atoms with Gasteiger partial charge in [-0.15, -0.1) is 0 Å². The minimum absolute atomic E-state index is 0.168. The van der Waals surface area contributed by atoms with Crippen molar-refractivity contribution in [2.45, 2.75) is 32.8 Å². The van der Waals surface area contributed by atoms with Gasteiger partial charge in [-0.05, 0) is 26.3 Å². The number of rotatable bonds is 6. The third-order valence-electron chi connectivity index (χ3n) is 2.82. The Labute approximate surface area is 108 Å². The van der Waals surface area contributed by atoms with Gasteiger partial charge in [0.25, 0.3) is 5.91 Å². The Morgan fingerprint density at radius 3 is 2.61 bits per heavy atom. The van der Waals surface area contributed by atoms with Crippen LogP contribution in [0.3, 0.4) is 0 Å². The van der Waals surface area contributed by atoms with Crippen LogP contribution in [0.25, 0.3) is 0 Å². The first-order valence-corrected chi connectivity index (χ1v) is 6.01. The van der Waals surface area contributed by atoms with Crippen molar-refractivity contribution in [3.05, 3.63) is 18.3 Å². The minimum Gasteiger partial charge on any atom is -0.481 e. The molecule has 5 heteroatoms. The minimum atomic E-state index is -0.811. The highest BCUT2D eigenvalue weighted by Gasteiger charge is 2.31. The Hall–Kier alpha value is -1.62. The van der Waals surface area contributed by atoms with Gasteiger partial charge in [-0.2, -0.15) is 0 Å². The monoisotopic (exact) mass is 252 g/mol. The molecule has 0 aliphatic rings. The summed E-state index contributed by atoms with van der Waals surface area (Å²) >= 11 is 0. The fraction of sp³-hybridized carbons (Fsp3) is 0.538. The third kappa shape index (κ3) is 3.43. The molecule has 1 aromatic heterocycles. The third-order valence-corrected chi connectivity index (χ3v) is 2.82. The first-order valence-electron chi connectivity index (χ1n) is 6.01. The van der Waals surface area contributed by atoms with Gasteiger partial charge in [0.15, 0.2) is 0 Å². The molecule has 18 heavy (non-hydrogen) atoms. The lowest BCUT2D eigenvalue weighted by molar-refractivity contribution is -0.139. The van der Waals surface area contributed by atoms with Crippen molar-refractivity contribution >= 4 is 11.6 Å². The van der Waals surface area contributed by atoms with Gasteiger partial charge in [0.2, 0.25) is 5.88 Å². The van der Waals surface area contributed by atoms with Gasteiger partial charge in [-0.25, -0.2) is 4.98 Å². The van der Waals surface area contributed by atoms with E-state index in [0.29, 0.717) is 24.6 Å². The number of anilines is 1. The Kier molecular flexibility index (Phi) is 5.09. The molecule has 100 valence electrons. The number of hydrogen-bond acceptors (Lipinski definition) is 4. The highest BCUT2D eigenvalue weighted by molar-refractivity contribution is 5.96. The maximum atomic E-state index is 12.1. The lowest BCUT2D eigenvalue weighted by atomic mass is 10.0. The van der Waals surface area contributed by atoms with Crippen molar-refractivity contribution in [2.24, 2.45) is 0 Å². The summed E-state index contributed by atoms with van der Waals surface area (Å²) in [5, 5.41) is 2.79. The number of carbonyl (C=O) groups is 1. The number of carbonyl (C=O) groups excluding carboxylic acids is 1. The maximum Gasteiger partial charge on any atom is 0.256 e. The molecule has 1 N–H and O–H groups in total. The second-order valence-corrected chi connectivity index (χ2v) is 4.06. The largest absolute Gasteiger partial charge is 0.481 e. The van der Waals surface area contributed by atoms with Gasteiger partial charge in [0.1, 0.15) is 5.60 Å². The van der Waals surface area contributed by atoms with Crippen LogP contribution in [0.4, 0.5) is 5.69 Å². The zero-order chi connectivity index (χ0) is 13.6. The number of aromatic nitrogens is 1. The highest BCUT2D eigenvalue weighted by atomic mass is 16.5. The summed E-state index contributed by atoms with van der Waals surface area (Å²) in [6.07, 6.45) is 2.16. The SMILES string of the molecule is CCO[C@@](C)(CC)C(=O)Nc1ccc(OC)nc1. The van der Waals surface area contributed by atoms with Crippen molar-refractivity contribution in [2.75, 3.05) is 19.0 Å². The molecule has 0 saturated carbocycles. The molecule has 0 unspecified atom stereocenters. The highest BCUT2D eigenvalue weighted by Crippen LogP contribution is 2.19. The molecule has 0 aliphatic carbocycles. The van der Waals surface area contributed by atoms with Gasteiger partial charge >= 0.3 is 0 Å². The average molecular weight is 252 g/mol. The van der Waals surface area contributed by atoms with Crippen LogP contribution < -0.4 is 10.1 Å². The van der Waals surface area contributed by atoms with E-state index in [9.17, 15) is 4.79 Å². The van der Waals surface area contributed by atoms with Crippen molar-refractivity contribution in [1.82, 2.24) is 4.98 Å². The number of amides is 1. The molecule has 0 aromatic carbocycles. The van der Waals surface area contributed by atoms with Crippen LogP contribution >= 0.6 is 0 Å². The molecule has 0 aliphatic heterocycles. The molecule has 0 radical (unpaired) electrons. The normalized spacial score (nSPS) is 13.8. The van der Waals surface area contributed by atoms with E-state index in [2.05, 4.69) is 10.3 Å². The van der Waals surface area contributed by atoms with Gasteiger partial charge in [-0.3, -0.25) is 4.79 Å². The van der Waals surface area contributed by atoms with Crippen molar-refractivity contribution in [3.63, 3.8) is 0 Å². The van der Waals surface area contributed by atoms with Crippen molar-refractivity contribution in [3.8, 4) is 5.88 Å². The zero-order valence-corrected chi connectivity index (χ0v) is 11.3. The number of methoxy groups -OCH3 is 1. The fourth-order valence-corrected chi connectivity index (χ4v) is 1.49. The van der Waals surface area contributed by atoms with E-state index in [1.165, 1.54) is 0 Å². The van der Waals surface area contributed by atoms with Crippen LogP contribution in [0.1, 0.15) is 27.2 Å². The topological polar surface area (TPSA) is 60.5 Å². The molecular formula is C13H20N2O3. The van der Waals surface area contributed by atoms with E-state index in [1.54, 1.807) is 32.4 Å². The number of nitrogens with one attached hydrogen (secondary N) is 1. The van der Waals surface area contributed by atoms with Crippen LogP contribution in [0.15, 0.2) is 18.3 Å². The predicted octanol–water partition coefficient (Wildman–Crippen LogP) is 2.23. The number of hydrogen-bond donors (Lipinski definition) is 1. The molecule has 0 fully saturated rings. The summed E-state index contributed by atoms with van der Waals surface area (Å²) in [7, 11) is 1.55. The van der Waals surface area contributed by atoms with Crippen LogP contribution in [-0.2, 0) is 9.53 Å². The quantitative estimate of drug-likeness (QED) is 0.843. The van der Waals surface area contributed by atoms with Gasteiger partial charge in [0, 0.05) is 12.7 Å². The molecule has 0 saturated heterocycles. The first-order chi connectivity index (χ1) is 8.55. The molecule has 5 nitrogen and oxygen atoms in total. The van der Waals surface area contributed by atoms with Crippen LogP contribution in [0.2, 0.25) is 0 Å². The Morgan fingerprint density at radius 2 is 2.17 bits per heavy atom. The molecule has 1 rings (SSSR count). The smallest absolute Gasteiger partial charge is 0.256 e. The van der Waals surface area contributed by atoms with Crippen molar-refractivity contribution in [1.29, 1.82) is 0 Å². The number of nitrogens with zero attached hydrogens (tertiary/aromatic N) is 1. The fourth-order valence-electron chi connectivity index (χ4n) is 1.49. The molecule has 0 bridgehead atoms. The lowest BCUT2D eigenvalue weighted by Crippen LogP contribution is -2.42. The van der Waals surface area contributed by atoms with Crippen LogP contribution in [0.5, 0.6) is 5.88 Å². The molecule has 0 spiro atoms. The van der Waals surface area contributed by atoms with E-state index in [1.807, 2.05) is 13.8 Å². The van der Waals surface area contributed by atoms with E-state index >= 15 is 0 Å². The van der Waals surface area contributed by atoms with Gasteiger partial charge in [0.05, 0.1) is 19.0 Å². The van der Waals surface area contributed by atoms with Crippen LogP contribution in [0, 0.1) is 0 Å². The molecule has 1 heterocycles. The summed E-state index contributed by atoms with van der Waals surface area (Å²) in [5.74, 6) is 0.342. The summed E-state index contributed by atoms with van der Waals surface area (Å²) in [5.41, 5.74) is -0.186. The number of ether oxygens (including phenoxy) is 2. The Bertz CT molecular complexity index is 392. The summed E-state index contributed by atoms with van der Waals surface area (Å²) < 4.78 is 10.5. The van der Waals surface area contributed by atoms with E-state index in [-0.39, 0.29) is 5.91 Å². The standard InChI is InChI=1S/C13H20N2O3/c1-5-13(3,18-6-2)12(16)15-10-7-8-11(17-4)14-9-10/h7-9H,5-6H2,1-4H3,(H,15,16)/t13-/m0/s1. The van der Waals surface area contributed by atoms with Crippen molar-refractivity contribution < 1.29 is 14.3 Å². The Morgan fingerprint density at radius 1 is 1.44 bits per heavy atom. The molecule has 1 atom stereocenters. The summed E-state index contributed by atoms with van der Waals surface area (Å²) in [6, 6.07) is 3.44. The lowest BCUT2D eigenvalue weighted by Gasteiger charge is -2.26. The molecule has 1 aromatic rings. The summed E-state index contributed by atoms with van der Waals surface area (Å²) in [6.45, 7) is 6.07. The summed E-state index contributed by atoms with van der Waals surface area (Å²) in [4.78, 5) is 16.1. The average Bonchev–Trinajstić information content (AvgIpc) is 2.39. The molecular weight excluding hydrogens is 232 g/mol. The van der Waals surface area contributed by atoms with E-state index in [0.717, 1.165) is 0 Å². The van der Waals surface area contributed by atoms with Crippen LogP contribution in [-0.4, -0.2) is 30.2 Å². The Balaban J connectivity index is 2.73. The first kappa shape index (κ1) is 14.4. The number of pyridine rings is 1. The van der Waals surface area contributed by atoms with E-state index in [4.69, 9.17) is 9.47 Å². The van der Waals surface area contributed by atoms with Gasteiger partial charge in [-0.1, -0.05) is 6.92 Å². The zero-order valence-electron chi connectivity index (χ0n) is 11.3. The molecule has 1 amide bonds.